The lowest BCUT2D eigenvalue weighted by atomic mass is 10.2. The zero-order chi connectivity index (χ0) is 16.2. The van der Waals surface area contributed by atoms with E-state index in [1.54, 1.807) is 12.1 Å². The van der Waals surface area contributed by atoms with Crippen LogP contribution in [0.3, 0.4) is 0 Å². The van der Waals surface area contributed by atoms with Gasteiger partial charge in [-0.3, -0.25) is 0 Å². The van der Waals surface area contributed by atoms with Crippen LogP contribution < -0.4 is 16.4 Å². The number of anilines is 5. The molecular weight excluding hydrogens is 310 g/mol. The number of hydrogen-bond acceptors (Lipinski definition) is 5. The quantitative estimate of drug-likeness (QED) is 0.658. The Morgan fingerprint density at radius 3 is 2.13 bits per heavy atom. The minimum Gasteiger partial charge on any atom is -0.393 e. The Kier molecular flexibility index (Phi) is 4.30. The van der Waals surface area contributed by atoms with Crippen LogP contribution >= 0.6 is 11.6 Å². The van der Waals surface area contributed by atoms with E-state index < -0.39 is 0 Å². The first kappa shape index (κ1) is 15.1. The molecule has 0 fully saturated rings. The topological polar surface area (TPSA) is 75.9 Å². The molecular formula is C17H16ClN5. The zero-order valence-corrected chi connectivity index (χ0v) is 13.3. The molecule has 0 aliphatic rings. The highest BCUT2D eigenvalue weighted by Crippen LogP contribution is 2.28. The van der Waals surface area contributed by atoms with Crippen molar-refractivity contribution in [3.8, 4) is 0 Å². The first-order valence-electron chi connectivity index (χ1n) is 7.08. The van der Waals surface area contributed by atoms with Gasteiger partial charge in [0, 0.05) is 16.4 Å². The molecule has 116 valence electrons. The van der Waals surface area contributed by atoms with Gasteiger partial charge >= 0.3 is 0 Å². The number of hydrogen-bond donors (Lipinski definition) is 3. The molecule has 5 nitrogen and oxygen atoms in total. The molecule has 1 heterocycles. The second-order valence-corrected chi connectivity index (χ2v) is 5.55. The number of aryl methyl sites for hydroxylation is 1. The van der Waals surface area contributed by atoms with E-state index in [0.717, 1.165) is 16.9 Å². The van der Waals surface area contributed by atoms with Crippen LogP contribution in [0, 0.1) is 6.92 Å². The van der Waals surface area contributed by atoms with Gasteiger partial charge in [0.05, 0.1) is 0 Å². The first-order valence-corrected chi connectivity index (χ1v) is 7.46. The van der Waals surface area contributed by atoms with Crippen molar-refractivity contribution in [1.82, 2.24) is 9.97 Å². The van der Waals surface area contributed by atoms with Gasteiger partial charge in [0.25, 0.3) is 0 Å². The minimum absolute atomic E-state index is 0.439. The summed E-state index contributed by atoms with van der Waals surface area (Å²) in [5.41, 5.74) is 9.49. The molecule has 2 aromatic carbocycles. The van der Waals surface area contributed by atoms with Gasteiger partial charge in [-0.1, -0.05) is 29.8 Å². The van der Waals surface area contributed by atoms with Crippen LogP contribution in [0.4, 0.5) is 28.7 Å². The van der Waals surface area contributed by atoms with E-state index in [1.807, 2.05) is 43.3 Å². The fraction of sp³-hybridized carbons (Fsp3) is 0.0588. The van der Waals surface area contributed by atoms with Gasteiger partial charge in [-0.25, -0.2) is 9.97 Å². The van der Waals surface area contributed by atoms with Crippen LogP contribution in [0.5, 0.6) is 0 Å². The van der Waals surface area contributed by atoms with E-state index in [0.29, 0.717) is 22.3 Å². The summed E-state index contributed by atoms with van der Waals surface area (Å²) in [7, 11) is 0. The molecule has 0 atom stereocenters. The average molecular weight is 326 g/mol. The zero-order valence-electron chi connectivity index (χ0n) is 12.5. The number of nitrogens with zero attached hydrogens (tertiary/aromatic N) is 2. The number of rotatable bonds is 4. The highest BCUT2D eigenvalue weighted by molar-refractivity contribution is 6.30. The second-order valence-electron chi connectivity index (χ2n) is 5.11. The van der Waals surface area contributed by atoms with Crippen molar-refractivity contribution in [3.05, 3.63) is 65.4 Å². The predicted molar refractivity (Wildman–Crippen MR) is 95.6 cm³/mol. The molecule has 6 heteroatoms. The average Bonchev–Trinajstić information content (AvgIpc) is 2.51. The lowest BCUT2D eigenvalue weighted by molar-refractivity contribution is 1.17. The molecule has 3 aromatic rings. The van der Waals surface area contributed by atoms with E-state index in [2.05, 4.69) is 20.6 Å². The highest BCUT2D eigenvalue weighted by atomic mass is 35.5. The number of nitrogen functional groups attached to an aromatic ring is 1. The maximum atomic E-state index is 6.17. The van der Waals surface area contributed by atoms with E-state index in [-0.39, 0.29) is 0 Å². The molecule has 4 N–H and O–H groups in total. The number of nitrogens with two attached hydrogens (primary N) is 1. The van der Waals surface area contributed by atoms with Gasteiger partial charge in [-0.15, -0.1) is 0 Å². The molecule has 0 saturated carbocycles. The normalized spacial score (nSPS) is 10.3. The third kappa shape index (κ3) is 3.70. The van der Waals surface area contributed by atoms with Crippen LogP contribution in [0.2, 0.25) is 5.02 Å². The number of aromatic nitrogens is 2. The molecule has 0 spiro atoms. The number of halogens is 1. The van der Waals surface area contributed by atoms with Crippen molar-refractivity contribution in [3.63, 3.8) is 0 Å². The molecule has 0 unspecified atom stereocenters. The van der Waals surface area contributed by atoms with Crippen molar-refractivity contribution >= 4 is 40.3 Å². The third-order valence-electron chi connectivity index (χ3n) is 3.25. The summed E-state index contributed by atoms with van der Waals surface area (Å²) in [6, 6.07) is 15.3. The van der Waals surface area contributed by atoms with E-state index in [1.165, 1.54) is 6.33 Å². The fourth-order valence-corrected chi connectivity index (χ4v) is 2.35. The van der Waals surface area contributed by atoms with Crippen molar-refractivity contribution in [1.29, 1.82) is 0 Å². The van der Waals surface area contributed by atoms with Gasteiger partial charge in [-0.2, -0.15) is 0 Å². The number of benzene rings is 2. The SMILES string of the molecule is Cc1cccc(Nc2ncnc(Nc3cccc(Cl)c3)c2N)c1. The van der Waals surface area contributed by atoms with Crippen LogP contribution in [0.1, 0.15) is 5.56 Å². The minimum atomic E-state index is 0.439. The van der Waals surface area contributed by atoms with Crippen molar-refractivity contribution in [2.24, 2.45) is 0 Å². The summed E-state index contributed by atoms with van der Waals surface area (Å²) in [6.07, 6.45) is 1.46. The van der Waals surface area contributed by atoms with E-state index in [9.17, 15) is 0 Å². The summed E-state index contributed by atoms with van der Waals surface area (Å²) in [5, 5.41) is 7.00. The van der Waals surface area contributed by atoms with Crippen molar-refractivity contribution < 1.29 is 0 Å². The Morgan fingerprint density at radius 2 is 1.52 bits per heavy atom. The van der Waals surface area contributed by atoms with Crippen molar-refractivity contribution in [2.75, 3.05) is 16.4 Å². The lowest BCUT2D eigenvalue weighted by Crippen LogP contribution is -2.05. The predicted octanol–water partition coefficient (Wildman–Crippen LogP) is 4.51. The van der Waals surface area contributed by atoms with Crippen LogP contribution in [0.15, 0.2) is 54.9 Å². The molecule has 0 saturated heterocycles. The molecule has 0 aliphatic heterocycles. The van der Waals surface area contributed by atoms with Gasteiger partial charge in [0.2, 0.25) is 0 Å². The maximum absolute atomic E-state index is 6.17. The molecule has 0 amide bonds. The lowest BCUT2D eigenvalue weighted by Gasteiger charge is -2.13. The van der Waals surface area contributed by atoms with Crippen LogP contribution in [-0.4, -0.2) is 9.97 Å². The number of nitrogens with one attached hydrogen (secondary N) is 2. The van der Waals surface area contributed by atoms with E-state index >= 15 is 0 Å². The Morgan fingerprint density at radius 1 is 0.913 bits per heavy atom. The molecule has 3 rings (SSSR count). The van der Waals surface area contributed by atoms with Crippen LogP contribution in [-0.2, 0) is 0 Å². The summed E-state index contributed by atoms with van der Waals surface area (Å²) >= 11 is 5.99. The smallest absolute Gasteiger partial charge is 0.159 e. The second kappa shape index (κ2) is 6.54. The summed E-state index contributed by atoms with van der Waals surface area (Å²) in [4.78, 5) is 8.40. The summed E-state index contributed by atoms with van der Waals surface area (Å²) < 4.78 is 0. The monoisotopic (exact) mass is 325 g/mol. The fourth-order valence-electron chi connectivity index (χ4n) is 2.16. The van der Waals surface area contributed by atoms with Gasteiger partial charge in [-0.05, 0) is 42.8 Å². The largest absolute Gasteiger partial charge is 0.393 e. The Hall–Kier alpha value is -2.79. The van der Waals surface area contributed by atoms with E-state index in [4.69, 9.17) is 17.3 Å². The molecule has 1 aromatic heterocycles. The first-order chi connectivity index (χ1) is 11.1. The van der Waals surface area contributed by atoms with Gasteiger partial charge < -0.3 is 16.4 Å². The summed E-state index contributed by atoms with van der Waals surface area (Å²) in [6.45, 7) is 2.03. The Balaban J connectivity index is 1.86. The highest BCUT2D eigenvalue weighted by Gasteiger charge is 2.09. The van der Waals surface area contributed by atoms with Crippen molar-refractivity contribution in [2.45, 2.75) is 6.92 Å². The summed E-state index contributed by atoms with van der Waals surface area (Å²) in [5.74, 6) is 1.08. The molecule has 0 bridgehead atoms. The molecule has 0 aliphatic carbocycles. The van der Waals surface area contributed by atoms with Gasteiger partial charge in [0.1, 0.15) is 12.0 Å². The maximum Gasteiger partial charge on any atom is 0.159 e. The molecule has 0 radical (unpaired) electrons. The van der Waals surface area contributed by atoms with Gasteiger partial charge in [0.15, 0.2) is 11.6 Å². The molecule has 23 heavy (non-hydrogen) atoms. The Labute approximate surface area is 139 Å². The van der Waals surface area contributed by atoms with Crippen LogP contribution in [0.25, 0.3) is 0 Å². The standard InChI is InChI=1S/C17H16ClN5/c1-11-4-2-6-13(8-11)22-16-15(19)17(21-10-20-16)23-14-7-3-5-12(18)9-14/h2-10H,19H2,1H3,(H2,20,21,22,23). The third-order valence-corrected chi connectivity index (χ3v) is 3.49. The Bertz CT molecular complexity index is 769.